The lowest BCUT2D eigenvalue weighted by Crippen LogP contribution is -2.54. The van der Waals surface area contributed by atoms with Gasteiger partial charge in [0.1, 0.15) is 24.4 Å². The second kappa shape index (κ2) is 13.4. The molecule has 9 N–H and O–H groups in total. The normalized spacial score (nSPS) is 17.8. The number of hydrogen-bond donors (Lipinski definition) is 8. The molecule has 0 heterocycles. The first-order valence-corrected chi connectivity index (χ1v) is 7.51. The Labute approximate surface area is 139 Å². The van der Waals surface area contributed by atoms with Crippen molar-refractivity contribution in [1.29, 1.82) is 0 Å². The highest BCUT2D eigenvalue weighted by Crippen LogP contribution is 2.08. The maximum absolute atomic E-state index is 11.6. The zero-order valence-corrected chi connectivity index (χ0v) is 13.3. The molecule has 11 heteroatoms. The maximum atomic E-state index is 11.6. The third-order valence-corrected chi connectivity index (χ3v) is 3.05. The summed E-state index contributed by atoms with van der Waals surface area (Å²) in [5.41, 5.74) is 5.22. The Morgan fingerprint density at radius 3 is 2.04 bits per heavy atom. The van der Waals surface area contributed by atoms with Gasteiger partial charge in [0.05, 0.1) is 33.0 Å². The molecule has 5 atom stereocenters. The average Bonchev–Trinajstić information content (AvgIpc) is 2.60. The van der Waals surface area contributed by atoms with Crippen LogP contribution in [0.4, 0.5) is 0 Å². The topological polar surface area (TPSA) is 195 Å². The molecular weight excluding hydrogens is 328 g/mol. The van der Waals surface area contributed by atoms with E-state index in [4.69, 9.17) is 25.4 Å². The summed E-state index contributed by atoms with van der Waals surface area (Å²) in [5.74, 6) is -0.991. The molecule has 0 aromatic carbocycles. The van der Waals surface area contributed by atoms with Crippen molar-refractivity contribution in [3.05, 3.63) is 0 Å². The molecule has 11 nitrogen and oxygen atoms in total. The molecule has 0 saturated heterocycles. The van der Waals surface area contributed by atoms with Crippen LogP contribution in [0.5, 0.6) is 0 Å². The minimum Gasteiger partial charge on any atom is -0.394 e. The molecule has 24 heavy (non-hydrogen) atoms. The van der Waals surface area contributed by atoms with Crippen molar-refractivity contribution in [3.63, 3.8) is 0 Å². The molecule has 0 aliphatic carbocycles. The molecule has 0 aromatic heterocycles. The van der Waals surface area contributed by atoms with Crippen molar-refractivity contribution in [2.24, 2.45) is 5.73 Å². The van der Waals surface area contributed by atoms with Crippen LogP contribution in [0.3, 0.4) is 0 Å². The van der Waals surface area contributed by atoms with Gasteiger partial charge >= 0.3 is 0 Å². The summed E-state index contributed by atoms with van der Waals surface area (Å²) >= 11 is 0. The predicted octanol–water partition coefficient (Wildman–Crippen LogP) is -5.11. The molecule has 0 saturated carbocycles. The highest BCUT2D eigenvalue weighted by atomic mass is 16.5. The Balaban J connectivity index is 4.00. The molecule has 0 rings (SSSR count). The van der Waals surface area contributed by atoms with E-state index in [-0.39, 0.29) is 13.2 Å². The first-order chi connectivity index (χ1) is 11.4. The first kappa shape index (κ1) is 23.1. The van der Waals surface area contributed by atoms with E-state index in [0.29, 0.717) is 26.4 Å². The summed E-state index contributed by atoms with van der Waals surface area (Å²) in [7, 11) is 0. The third-order valence-electron chi connectivity index (χ3n) is 3.05. The second-order valence-electron chi connectivity index (χ2n) is 4.97. The molecule has 0 fully saturated rings. The summed E-state index contributed by atoms with van der Waals surface area (Å²) in [5, 5.41) is 58.3. The number of aliphatic hydroxyl groups is 6. The van der Waals surface area contributed by atoms with Gasteiger partial charge in [-0.15, -0.1) is 0 Å². The number of aliphatic hydroxyl groups excluding tert-OH is 6. The smallest absolute Gasteiger partial charge is 0.251 e. The summed E-state index contributed by atoms with van der Waals surface area (Å²) in [6.07, 6.45) is -9.76. The Bertz CT molecular complexity index is 335. The first-order valence-electron chi connectivity index (χ1n) is 7.51. The van der Waals surface area contributed by atoms with Crippen LogP contribution in [-0.2, 0) is 14.3 Å². The van der Waals surface area contributed by atoms with Crippen molar-refractivity contribution in [1.82, 2.24) is 5.32 Å². The fraction of sp³-hybridized carbons (Fsp3) is 0.923. The summed E-state index contributed by atoms with van der Waals surface area (Å²) < 4.78 is 10.2. The molecular formula is C13H28N2O9. The number of nitrogens with two attached hydrogens (primary N) is 1. The molecule has 1 amide bonds. The zero-order valence-electron chi connectivity index (χ0n) is 13.3. The van der Waals surface area contributed by atoms with Crippen LogP contribution in [0.15, 0.2) is 0 Å². The third kappa shape index (κ3) is 8.82. The quantitative estimate of drug-likeness (QED) is 0.139. The fourth-order valence-corrected chi connectivity index (χ4v) is 1.64. The standard InChI is InChI=1S/C13H28N2O9/c14-1-3-23-5-6-24-4-2-15-13(22)12(21)11(20)10(19)9(18)8(17)7-16/h8-12,16-21H,1-7,14H2,(H,15,22). The Hall–Kier alpha value is -0.890. The van der Waals surface area contributed by atoms with E-state index in [1.165, 1.54) is 0 Å². The molecule has 0 aromatic rings. The molecule has 0 spiro atoms. The average molecular weight is 356 g/mol. The lowest BCUT2D eigenvalue weighted by Gasteiger charge is -2.27. The van der Waals surface area contributed by atoms with Gasteiger partial charge in [-0.1, -0.05) is 0 Å². The predicted molar refractivity (Wildman–Crippen MR) is 80.8 cm³/mol. The molecule has 0 bridgehead atoms. The van der Waals surface area contributed by atoms with E-state index in [1.807, 2.05) is 0 Å². The largest absolute Gasteiger partial charge is 0.394 e. The minimum atomic E-state index is -2.05. The van der Waals surface area contributed by atoms with Crippen molar-refractivity contribution in [2.75, 3.05) is 46.1 Å². The van der Waals surface area contributed by atoms with Crippen molar-refractivity contribution in [3.8, 4) is 0 Å². The lowest BCUT2D eigenvalue weighted by molar-refractivity contribution is -0.157. The Morgan fingerprint density at radius 1 is 0.917 bits per heavy atom. The summed E-state index contributed by atoms with van der Waals surface area (Å²) in [6, 6.07) is 0. The van der Waals surface area contributed by atoms with Crippen molar-refractivity contribution >= 4 is 5.91 Å². The van der Waals surface area contributed by atoms with Gasteiger partial charge in [0, 0.05) is 13.1 Å². The van der Waals surface area contributed by atoms with E-state index in [9.17, 15) is 25.2 Å². The highest BCUT2D eigenvalue weighted by molar-refractivity contribution is 5.81. The van der Waals surface area contributed by atoms with Crippen LogP contribution in [0.2, 0.25) is 0 Å². The van der Waals surface area contributed by atoms with Gasteiger partial charge in [0.15, 0.2) is 6.10 Å². The van der Waals surface area contributed by atoms with Gasteiger partial charge in [0.2, 0.25) is 0 Å². The fourth-order valence-electron chi connectivity index (χ4n) is 1.64. The molecule has 0 radical (unpaired) electrons. The van der Waals surface area contributed by atoms with E-state index < -0.39 is 43.0 Å². The number of nitrogens with one attached hydrogen (secondary N) is 1. The number of carbonyl (C=O) groups excluding carboxylic acids is 1. The summed E-state index contributed by atoms with van der Waals surface area (Å²) in [4.78, 5) is 11.6. The van der Waals surface area contributed by atoms with Gasteiger partial charge < -0.3 is 51.2 Å². The van der Waals surface area contributed by atoms with E-state index in [0.717, 1.165) is 0 Å². The van der Waals surface area contributed by atoms with Crippen LogP contribution in [-0.4, -0.2) is 113 Å². The monoisotopic (exact) mass is 356 g/mol. The van der Waals surface area contributed by atoms with Crippen LogP contribution < -0.4 is 11.1 Å². The van der Waals surface area contributed by atoms with Gasteiger partial charge in [-0.3, -0.25) is 4.79 Å². The maximum Gasteiger partial charge on any atom is 0.251 e. The lowest BCUT2D eigenvalue weighted by atomic mass is 9.99. The van der Waals surface area contributed by atoms with E-state index in [2.05, 4.69) is 5.32 Å². The number of carbonyl (C=O) groups is 1. The SMILES string of the molecule is NCCOCCOCCNC(=O)C(O)C(O)C(O)C(O)C(O)CO. The van der Waals surface area contributed by atoms with Gasteiger partial charge in [-0.05, 0) is 0 Å². The second-order valence-corrected chi connectivity index (χ2v) is 4.97. The summed E-state index contributed by atoms with van der Waals surface area (Å²) in [6.45, 7) is 0.788. The van der Waals surface area contributed by atoms with Gasteiger partial charge in [-0.2, -0.15) is 0 Å². The van der Waals surface area contributed by atoms with Gasteiger partial charge in [-0.25, -0.2) is 0 Å². The van der Waals surface area contributed by atoms with Crippen LogP contribution in [0.1, 0.15) is 0 Å². The molecule has 0 aliphatic heterocycles. The van der Waals surface area contributed by atoms with Crippen LogP contribution in [0.25, 0.3) is 0 Å². The molecule has 5 unspecified atom stereocenters. The van der Waals surface area contributed by atoms with Crippen LogP contribution in [0, 0.1) is 0 Å². The Morgan fingerprint density at radius 2 is 1.50 bits per heavy atom. The number of hydrogen-bond acceptors (Lipinski definition) is 10. The van der Waals surface area contributed by atoms with E-state index >= 15 is 0 Å². The van der Waals surface area contributed by atoms with E-state index in [1.54, 1.807) is 0 Å². The Kier molecular flexibility index (Phi) is 12.9. The molecule has 144 valence electrons. The number of rotatable bonds is 14. The number of ether oxygens (including phenoxy) is 2. The van der Waals surface area contributed by atoms with Crippen LogP contribution >= 0.6 is 0 Å². The number of amides is 1. The molecule has 0 aliphatic rings. The van der Waals surface area contributed by atoms with Gasteiger partial charge in [0.25, 0.3) is 5.91 Å². The van der Waals surface area contributed by atoms with Crippen molar-refractivity contribution < 1.29 is 44.9 Å². The van der Waals surface area contributed by atoms with Crippen molar-refractivity contribution in [2.45, 2.75) is 30.5 Å². The minimum absolute atomic E-state index is 0.0391. The zero-order chi connectivity index (χ0) is 18.5. The highest BCUT2D eigenvalue weighted by Gasteiger charge is 2.36.